The van der Waals surface area contributed by atoms with Crippen molar-refractivity contribution in [1.29, 1.82) is 0 Å². The Balaban J connectivity index is 2.33. The fraction of sp³-hybridized carbons (Fsp3) is 0.818. The van der Waals surface area contributed by atoms with Gasteiger partial charge in [-0.25, -0.2) is 0 Å². The van der Waals surface area contributed by atoms with Gasteiger partial charge in [0.1, 0.15) is 0 Å². The van der Waals surface area contributed by atoms with E-state index in [1.165, 1.54) is 0 Å². The van der Waals surface area contributed by atoms with Crippen molar-refractivity contribution in [3.05, 3.63) is 11.7 Å². The van der Waals surface area contributed by atoms with Crippen molar-refractivity contribution in [3.63, 3.8) is 0 Å². The maximum absolute atomic E-state index is 5.37. The van der Waals surface area contributed by atoms with Gasteiger partial charge in [-0.3, -0.25) is 0 Å². The molecule has 0 aliphatic heterocycles. The van der Waals surface area contributed by atoms with Crippen molar-refractivity contribution in [3.8, 4) is 0 Å². The van der Waals surface area contributed by atoms with Crippen LogP contribution in [0.1, 0.15) is 38.9 Å². The van der Waals surface area contributed by atoms with Gasteiger partial charge >= 0.3 is 0 Å². The lowest BCUT2D eigenvalue weighted by Gasteiger charge is -2.26. The van der Waals surface area contributed by atoms with Gasteiger partial charge in [-0.1, -0.05) is 5.16 Å². The summed E-state index contributed by atoms with van der Waals surface area (Å²) in [4.78, 5) is 4.13. The van der Waals surface area contributed by atoms with Crippen LogP contribution in [0.15, 0.2) is 4.52 Å². The first kappa shape index (κ1) is 13.1. The summed E-state index contributed by atoms with van der Waals surface area (Å²) in [6.07, 6.45) is 0.931. The van der Waals surface area contributed by atoms with E-state index < -0.39 is 0 Å². The zero-order valence-corrected chi connectivity index (χ0v) is 10.7. The molecular formula is C11H21N3O2. The van der Waals surface area contributed by atoms with E-state index in [0.717, 1.165) is 6.42 Å². The molecular weight excluding hydrogens is 206 g/mol. The smallest absolute Gasteiger partial charge is 0.223 e. The number of nitrogens with one attached hydrogen (secondary N) is 1. The monoisotopic (exact) mass is 227 g/mol. The molecule has 1 aromatic rings. The van der Waals surface area contributed by atoms with Crippen LogP contribution in [0.2, 0.25) is 0 Å². The van der Waals surface area contributed by atoms with E-state index in [0.29, 0.717) is 24.3 Å². The average molecular weight is 227 g/mol. The van der Waals surface area contributed by atoms with Gasteiger partial charge in [-0.15, -0.1) is 0 Å². The molecule has 5 nitrogen and oxygen atoms in total. The lowest BCUT2D eigenvalue weighted by Crippen LogP contribution is -2.35. The fourth-order valence-electron chi connectivity index (χ4n) is 1.57. The largest absolute Gasteiger partial charge is 0.379 e. The third kappa shape index (κ3) is 4.28. The van der Waals surface area contributed by atoms with Gasteiger partial charge in [0.15, 0.2) is 5.82 Å². The Morgan fingerprint density at radius 1 is 1.50 bits per heavy atom. The Kier molecular flexibility index (Phi) is 4.44. The second-order valence-corrected chi connectivity index (χ2v) is 4.68. The number of methoxy groups -OCH3 is 1. The van der Waals surface area contributed by atoms with E-state index in [9.17, 15) is 0 Å². The Hall–Kier alpha value is -0.940. The molecule has 1 rings (SSSR count). The molecule has 1 unspecified atom stereocenters. The minimum absolute atomic E-state index is 0.112. The van der Waals surface area contributed by atoms with E-state index >= 15 is 0 Å². The van der Waals surface area contributed by atoms with E-state index in [2.05, 4.69) is 36.2 Å². The number of aromatic nitrogens is 2. The molecule has 1 aromatic heterocycles. The second-order valence-electron chi connectivity index (χ2n) is 4.68. The normalized spacial score (nSPS) is 14.1. The van der Waals surface area contributed by atoms with Crippen LogP contribution in [0, 0.1) is 6.92 Å². The zero-order valence-electron chi connectivity index (χ0n) is 10.7. The van der Waals surface area contributed by atoms with E-state index in [1.807, 2.05) is 0 Å². The number of hydrogen-bond donors (Lipinski definition) is 1. The summed E-state index contributed by atoms with van der Waals surface area (Å²) in [5.41, 5.74) is -0.112. The summed E-state index contributed by atoms with van der Waals surface area (Å²) in [6.45, 7) is 8.67. The van der Waals surface area contributed by atoms with Crippen LogP contribution in [-0.4, -0.2) is 28.9 Å². The third-order valence-corrected chi connectivity index (χ3v) is 2.53. The van der Waals surface area contributed by atoms with Crippen LogP contribution in [0.3, 0.4) is 0 Å². The first-order chi connectivity index (χ1) is 7.43. The molecule has 0 saturated carbocycles. The molecule has 0 fully saturated rings. The van der Waals surface area contributed by atoms with Crippen molar-refractivity contribution in [2.75, 3.05) is 7.11 Å². The van der Waals surface area contributed by atoms with Gasteiger partial charge < -0.3 is 14.6 Å². The maximum Gasteiger partial charge on any atom is 0.223 e. The number of hydrogen-bond acceptors (Lipinski definition) is 5. The highest BCUT2D eigenvalue weighted by Crippen LogP contribution is 2.15. The van der Waals surface area contributed by atoms with Gasteiger partial charge in [0.2, 0.25) is 5.89 Å². The van der Waals surface area contributed by atoms with Crippen molar-refractivity contribution in [2.45, 2.75) is 52.3 Å². The Bertz CT molecular complexity index is 323. The van der Waals surface area contributed by atoms with E-state index in [1.54, 1.807) is 14.0 Å². The molecule has 1 N–H and O–H groups in total. The van der Waals surface area contributed by atoms with Gasteiger partial charge in [-0.05, 0) is 27.2 Å². The number of nitrogens with zero attached hydrogens (tertiary/aromatic N) is 2. The maximum atomic E-state index is 5.37. The highest BCUT2D eigenvalue weighted by molar-refractivity contribution is 4.84. The van der Waals surface area contributed by atoms with Crippen LogP contribution < -0.4 is 5.32 Å². The summed E-state index contributed by atoms with van der Waals surface area (Å²) in [6, 6.07) is 0.341. The SMILES string of the molecule is COC(C)(C)CC(C)NCc1noc(C)n1. The predicted molar refractivity (Wildman–Crippen MR) is 61.0 cm³/mol. The highest BCUT2D eigenvalue weighted by atomic mass is 16.5. The van der Waals surface area contributed by atoms with Crippen LogP contribution in [0.4, 0.5) is 0 Å². The van der Waals surface area contributed by atoms with Gasteiger partial charge in [-0.2, -0.15) is 4.98 Å². The van der Waals surface area contributed by atoms with E-state index in [4.69, 9.17) is 9.26 Å². The lowest BCUT2D eigenvalue weighted by atomic mass is 10.00. The molecule has 1 atom stereocenters. The molecule has 92 valence electrons. The average Bonchev–Trinajstić information content (AvgIpc) is 2.61. The Morgan fingerprint density at radius 2 is 2.19 bits per heavy atom. The van der Waals surface area contributed by atoms with Crippen LogP contribution in [0.5, 0.6) is 0 Å². The van der Waals surface area contributed by atoms with E-state index in [-0.39, 0.29) is 5.60 Å². The minimum atomic E-state index is -0.112. The lowest BCUT2D eigenvalue weighted by molar-refractivity contribution is 0.00838. The molecule has 16 heavy (non-hydrogen) atoms. The first-order valence-corrected chi connectivity index (χ1v) is 5.50. The van der Waals surface area contributed by atoms with Gasteiger partial charge in [0.25, 0.3) is 0 Å². The van der Waals surface area contributed by atoms with Crippen LogP contribution in [-0.2, 0) is 11.3 Å². The van der Waals surface area contributed by atoms with Crippen LogP contribution in [0.25, 0.3) is 0 Å². The zero-order chi connectivity index (χ0) is 12.2. The Morgan fingerprint density at radius 3 is 2.69 bits per heavy atom. The van der Waals surface area contributed by atoms with Gasteiger partial charge in [0.05, 0.1) is 12.1 Å². The standard InChI is InChI=1S/C11H21N3O2/c1-8(6-11(3,4)15-5)12-7-10-13-9(2)16-14-10/h8,12H,6-7H2,1-5H3. The third-order valence-electron chi connectivity index (χ3n) is 2.53. The number of rotatable bonds is 6. The molecule has 0 bridgehead atoms. The van der Waals surface area contributed by atoms with Crippen molar-refractivity contribution in [2.24, 2.45) is 0 Å². The minimum Gasteiger partial charge on any atom is -0.379 e. The fourth-order valence-corrected chi connectivity index (χ4v) is 1.57. The summed E-state index contributed by atoms with van der Waals surface area (Å²) >= 11 is 0. The number of aryl methyl sites for hydroxylation is 1. The summed E-state index contributed by atoms with van der Waals surface area (Å²) in [5, 5.41) is 7.16. The van der Waals surface area contributed by atoms with Gasteiger partial charge in [0, 0.05) is 20.1 Å². The quantitative estimate of drug-likeness (QED) is 0.801. The second kappa shape index (κ2) is 5.41. The van der Waals surface area contributed by atoms with Crippen LogP contribution >= 0.6 is 0 Å². The molecule has 0 amide bonds. The Labute approximate surface area is 96.6 Å². The summed E-state index contributed by atoms with van der Waals surface area (Å²) in [7, 11) is 1.73. The molecule has 0 aliphatic rings. The first-order valence-electron chi connectivity index (χ1n) is 5.50. The molecule has 1 heterocycles. The molecule has 5 heteroatoms. The van der Waals surface area contributed by atoms with Crippen molar-refractivity contribution in [1.82, 2.24) is 15.5 Å². The topological polar surface area (TPSA) is 60.2 Å². The molecule has 0 spiro atoms. The molecule has 0 saturated heterocycles. The van der Waals surface area contributed by atoms with Crippen molar-refractivity contribution < 1.29 is 9.26 Å². The summed E-state index contributed by atoms with van der Waals surface area (Å²) < 4.78 is 10.3. The summed E-state index contributed by atoms with van der Waals surface area (Å²) in [5.74, 6) is 1.29. The van der Waals surface area contributed by atoms with Crippen molar-refractivity contribution >= 4 is 0 Å². The predicted octanol–water partition coefficient (Wildman–Crippen LogP) is 1.67. The molecule has 0 aromatic carbocycles. The highest BCUT2D eigenvalue weighted by Gasteiger charge is 2.20. The molecule has 0 aliphatic carbocycles. The molecule has 0 radical (unpaired) electrons. The number of ether oxygens (including phenoxy) is 1.